The van der Waals surface area contributed by atoms with Gasteiger partial charge in [-0.05, 0) is 0 Å². The molecule has 1 atom stereocenters. The van der Waals surface area contributed by atoms with Crippen LogP contribution in [0, 0.1) is 6.26 Å². The van der Waals surface area contributed by atoms with Crippen LogP contribution in [-0.4, -0.2) is 12.6 Å². The van der Waals surface area contributed by atoms with Gasteiger partial charge in [0, 0.05) is 0 Å². The molecule has 3 heteroatoms. The van der Waals surface area contributed by atoms with Gasteiger partial charge in [-0.15, -0.1) is 0 Å². The lowest BCUT2D eigenvalue weighted by Gasteiger charge is -2.02. The standard InChI is InChI=1S/C5H5O3/c6-2-1-5-7-3-4-8-5/h2-3,5H,1H2. The van der Waals surface area contributed by atoms with Crippen molar-refractivity contribution in [3.05, 3.63) is 12.5 Å². The molecule has 0 amide bonds. The predicted octanol–water partition coefficient (Wildman–Crippen LogP) is 0.223. The highest BCUT2D eigenvalue weighted by molar-refractivity contribution is 5.49. The fourth-order valence-corrected chi connectivity index (χ4v) is 0.417. The lowest BCUT2D eigenvalue weighted by atomic mass is 10.5. The zero-order chi connectivity index (χ0) is 5.82. The summed E-state index contributed by atoms with van der Waals surface area (Å²) in [6.45, 7) is 0. The van der Waals surface area contributed by atoms with Crippen molar-refractivity contribution in [2.24, 2.45) is 0 Å². The van der Waals surface area contributed by atoms with Gasteiger partial charge < -0.3 is 14.3 Å². The Balaban J connectivity index is 2.19. The summed E-state index contributed by atoms with van der Waals surface area (Å²) < 4.78 is 9.34. The maximum absolute atomic E-state index is 9.76. The zero-order valence-electron chi connectivity index (χ0n) is 4.16. The van der Waals surface area contributed by atoms with Gasteiger partial charge in [0.15, 0.2) is 0 Å². The second-order valence-corrected chi connectivity index (χ2v) is 1.32. The molecule has 1 heterocycles. The fraction of sp³-hybridized carbons (Fsp3) is 0.400. The van der Waals surface area contributed by atoms with Crippen LogP contribution in [0.3, 0.4) is 0 Å². The summed E-state index contributed by atoms with van der Waals surface area (Å²) in [6, 6.07) is 0. The number of carbonyl (C=O) groups is 1. The number of rotatable bonds is 2. The molecule has 0 aromatic carbocycles. The predicted molar refractivity (Wildman–Crippen MR) is 24.5 cm³/mol. The topological polar surface area (TPSA) is 35.5 Å². The molecular formula is C5H5O3. The molecule has 1 rings (SSSR count). The smallest absolute Gasteiger partial charge is 0.247 e. The van der Waals surface area contributed by atoms with E-state index in [1.807, 2.05) is 0 Å². The average molecular weight is 113 g/mol. The number of hydrogen-bond donors (Lipinski definition) is 0. The highest BCUT2D eigenvalue weighted by atomic mass is 16.7. The van der Waals surface area contributed by atoms with Crippen molar-refractivity contribution in [1.29, 1.82) is 0 Å². The molecule has 43 valence electrons. The van der Waals surface area contributed by atoms with Crippen molar-refractivity contribution in [3.63, 3.8) is 0 Å². The molecule has 0 saturated carbocycles. The average Bonchev–Trinajstić information content (AvgIpc) is 2.19. The van der Waals surface area contributed by atoms with Crippen molar-refractivity contribution in [2.45, 2.75) is 12.7 Å². The molecule has 8 heavy (non-hydrogen) atoms. The van der Waals surface area contributed by atoms with Crippen LogP contribution in [0.2, 0.25) is 0 Å². The van der Waals surface area contributed by atoms with Crippen LogP contribution >= 0.6 is 0 Å². The summed E-state index contributed by atoms with van der Waals surface area (Å²) in [4.78, 5) is 9.76. The van der Waals surface area contributed by atoms with Crippen LogP contribution in [0.1, 0.15) is 6.42 Å². The largest absolute Gasteiger partial charge is 0.458 e. The second-order valence-electron chi connectivity index (χ2n) is 1.32. The molecule has 0 N–H and O–H groups in total. The Bertz CT molecular complexity index is 100. The van der Waals surface area contributed by atoms with E-state index < -0.39 is 6.29 Å². The normalized spacial score (nSPS) is 17.5. The molecule has 3 nitrogen and oxygen atoms in total. The molecule has 0 aromatic rings. The molecule has 0 saturated heterocycles. The maximum atomic E-state index is 9.76. The Labute approximate surface area is 46.9 Å². The third-order valence-corrected chi connectivity index (χ3v) is 0.756. The van der Waals surface area contributed by atoms with Gasteiger partial charge >= 0.3 is 0 Å². The van der Waals surface area contributed by atoms with E-state index in [1.165, 1.54) is 6.26 Å². The molecule has 0 spiro atoms. The quantitative estimate of drug-likeness (QED) is 0.480. The molecule has 0 bridgehead atoms. The molecule has 1 radical (unpaired) electrons. The van der Waals surface area contributed by atoms with Crippen molar-refractivity contribution in [2.75, 3.05) is 0 Å². The van der Waals surface area contributed by atoms with Crippen LogP contribution in [-0.2, 0) is 14.3 Å². The molecule has 0 aliphatic carbocycles. The van der Waals surface area contributed by atoms with E-state index >= 15 is 0 Å². The summed E-state index contributed by atoms with van der Waals surface area (Å²) in [6.07, 6.45) is 4.24. The van der Waals surface area contributed by atoms with Gasteiger partial charge in [0.05, 0.1) is 6.42 Å². The lowest BCUT2D eigenvalue weighted by molar-refractivity contribution is -0.114. The first-order chi connectivity index (χ1) is 3.93. The Hall–Kier alpha value is -0.990. The number of aldehydes is 1. The van der Waals surface area contributed by atoms with Gasteiger partial charge in [-0.25, -0.2) is 0 Å². The molecule has 0 aromatic heterocycles. The molecule has 1 aliphatic heterocycles. The third kappa shape index (κ3) is 0.992. The van der Waals surface area contributed by atoms with Crippen LogP contribution < -0.4 is 0 Å². The minimum atomic E-state index is -0.424. The van der Waals surface area contributed by atoms with Gasteiger partial charge in [-0.1, -0.05) is 0 Å². The summed E-state index contributed by atoms with van der Waals surface area (Å²) in [5, 5.41) is 0. The van der Waals surface area contributed by atoms with Gasteiger partial charge in [-0.2, -0.15) is 0 Å². The Morgan fingerprint density at radius 3 is 3.25 bits per heavy atom. The van der Waals surface area contributed by atoms with E-state index in [-0.39, 0.29) is 6.42 Å². The summed E-state index contributed by atoms with van der Waals surface area (Å²) in [7, 11) is 0. The third-order valence-electron chi connectivity index (χ3n) is 0.756. The van der Waals surface area contributed by atoms with Crippen molar-refractivity contribution < 1.29 is 14.3 Å². The first kappa shape index (κ1) is 5.15. The van der Waals surface area contributed by atoms with E-state index in [9.17, 15) is 4.79 Å². The molecule has 0 fully saturated rings. The minimum absolute atomic E-state index is 0.267. The summed E-state index contributed by atoms with van der Waals surface area (Å²) >= 11 is 0. The number of ether oxygens (including phenoxy) is 2. The van der Waals surface area contributed by atoms with Gasteiger partial charge in [-0.3, -0.25) is 0 Å². The molecular weight excluding hydrogens is 108 g/mol. The Morgan fingerprint density at radius 1 is 1.88 bits per heavy atom. The number of hydrogen-bond acceptors (Lipinski definition) is 3. The van der Waals surface area contributed by atoms with Gasteiger partial charge in [0.1, 0.15) is 12.5 Å². The van der Waals surface area contributed by atoms with Gasteiger partial charge in [0.25, 0.3) is 0 Å². The molecule has 1 unspecified atom stereocenters. The Morgan fingerprint density at radius 2 is 2.75 bits per heavy atom. The monoisotopic (exact) mass is 113 g/mol. The fourth-order valence-electron chi connectivity index (χ4n) is 0.417. The first-order valence-electron chi connectivity index (χ1n) is 2.25. The van der Waals surface area contributed by atoms with Crippen molar-refractivity contribution in [1.82, 2.24) is 0 Å². The van der Waals surface area contributed by atoms with E-state index in [1.54, 1.807) is 0 Å². The van der Waals surface area contributed by atoms with Crippen LogP contribution in [0.15, 0.2) is 6.26 Å². The van der Waals surface area contributed by atoms with E-state index in [2.05, 4.69) is 11.0 Å². The van der Waals surface area contributed by atoms with Crippen LogP contribution in [0.25, 0.3) is 0 Å². The number of carbonyl (C=O) groups excluding carboxylic acids is 1. The van der Waals surface area contributed by atoms with Crippen LogP contribution in [0.4, 0.5) is 0 Å². The minimum Gasteiger partial charge on any atom is -0.458 e. The summed E-state index contributed by atoms with van der Waals surface area (Å²) in [5.41, 5.74) is 0. The first-order valence-corrected chi connectivity index (χ1v) is 2.25. The maximum Gasteiger partial charge on any atom is 0.247 e. The SMILES string of the molecule is O=CCC1O[C]=CO1. The van der Waals surface area contributed by atoms with Crippen molar-refractivity contribution >= 4 is 6.29 Å². The van der Waals surface area contributed by atoms with Crippen LogP contribution in [0.5, 0.6) is 0 Å². The van der Waals surface area contributed by atoms with E-state index in [0.29, 0.717) is 0 Å². The van der Waals surface area contributed by atoms with E-state index in [0.717, 1.165) is 6.29 Å². The Kier molecular flexibility index (Phi) is 1.51. The second kappa shape index (κ2) is 2.35. The highest BCUT2D eigenvalue weighted by Crippen LogP contribution is 2.05. The summed E-state index contributed by atoms with van der Waals surface area (Å²) in [5.74, 6) is 0. The van der Waals surface area contributed by atoms with Gasteiger partial charge in [0.2, 0.25) is 12.6 Å². The van der Waals surface area contributed by atoms with E-state index in [4.69, 9.17) is 4.74 Å². The molecule has 1 aliphatic rings. The highest BCUT2D eigenvalue weighted by Gasteiger charge is 2.10. The lowest BCUT2D eigenvalue weighted by Crippen LogP contribution is -2.06. The van der Waals surface area contributed by atoms with Crippen molar-refractivity contribution in [3.8, 4) is 0 Å². The zero-order valence-corrected chi connectivity index (χ0v) is 4.16.